The van der Waals surface area contributed by atoms with Crippen molar-refractivity contribution in [3.8, 4) is 0 Å². The smallest absolute Gasteiger partial charge is 0.230 e. The van der Waals surface area contributed by atoms with Gasteiger partial charge >= 0.3 is 0 Å². The van der Waals surface area contributed by atoms with E-state index in [9.17, 15) is 19.5 Å². The first kappa shape index (κ1) is 11.8. The van der Waals surface area contributed by atoms with Gasteiger partial charge < -0.3 is 5.11 Å². The third-order valence-corrected chi connectivity index (χ3v) is 3.27. The van der Waals surface area contributed by atoms with Crippen molar-refractivity contribution in [1.82, 2.24) is 5.32 Å². The molecule has 5 heteroatoms. The lowest BCUT2D eigenvalue weighted by molar-refractivity contribution is -0.126. The van der Waals surface area contributed by atoms with Crippen LogP contribution in [0, 0.1) is 5.92 Å². The Labute approximate surface area is 98.9 Å². The molecule has 17 heavy (non-hydrogen) atoms. The molecular formula is C12H15NO4. The van der Waals surface area contributed by atoms with Crippen molar-refractivity contribution in [2.24, 2.45) is 5.92 Å². The van der Waals surface area contributed by atoms with E-state index in [1.165, 1.54) is 0 Å². The van der Waals surface area contributed by atoms with E-state index in [1.807, 2.05) is 0 Å². The Kier molecular flexibility index (Phi) is 3.26. The summed E-state index contributed by atoms with van der Waals surface area (Å²) < 4.78 is 0. The Hall–Kier alpha value is -1.65. The number of aliphatic hydroxyl groups excluding tert-OH is 1. The Morgan fingerprint density at radius 1 is 1.24 bits per heavy atom. The molecule has 92 valence electrons. The Bertz CT molecular complexity index is 411. The van der Waals surface area contributed by atoms with Crippen LogP contribution in [0.4, 0.5) is 0 Å². The highest BCUT2D eigenvalue weighted by molar-refractivity contribution is 6.03. The van der Waals surface area contributed by atoms with Crippen LogP contribution < -0.4 is 5.32 Å². The van der Waals surface area contributed by atoms with Crippen molar-refractivity contribution in [3.05, 3.63) is 11.3 Å². The summed E-state index contributed by atoms with van der Waals surface area (Å²) in [6, 6.07) is 0. The zero-order valence-electron chi connectivity index (χ0n) is 9.49. The van der Waals surface area contributed by atoms with E-state index < -0.39 is 5.92 Å². The molecule has 0 spiro atoms. The number of amides is 2. The lowest BCUT2D eigenvalue weighted by Gasteiger charge is -2.15. The Morgan fingerprint density at radius 3 is 2.53 bits per heavy atom. The van der Waals surface area contributed by atoms with E-state index in [0.717, 1.165) is 12.8 Å². The second-order valence-corrected chi connectivity index (χ2v) is 4.57. The van der Waals surface area contributed by atoms with Crippen molar-refractivity contribution >= 4 is 17.6 Å². The van der Waals surface area contributed by atoms with Crippen molar-refractivity contribution in [2.45, 2.75) is 38.5 Å². The molecule has 5 nitrogen and oxygen atoms in total. The molecule has 2 fully saturated rings. The van der Waals surface area contributed by atoms with Gasteiger partial charge in [-0.3, -0.25) is 19.7 Å². The summed E-state index contributed by atoms with van der Waals surface area (Å²) in [6.07, 6.45) is 2.99. The summed E-state index contributed by atoms with van der Waals surface area (Å²) in [5.74, 6) is -1.23. The quantitative estimate of drug-likeness (QED) is 0.426. The molecule has 0 aromatic rings. The number of ketones is 1. The molecule has 1 unspecified atom stereocenters. The van der Waals surface area contributed by atoms with E-state index in [-0.39, 0.29) is 36.2 Å². The number of Topliss-reactive ketones (excluding diaryl/α,β-unsaturated/α-hetero) is 1. The topological polar surface area (TPSA) is 83.5 Å². The number of nitrogens with one attached hydrogen (secondary N) is 1. The van der Waals surface area contributed by atoms with Crippen LogP contribution in [0.5, 0.6) is 0 Å². The normalized spacial score (nSPS) is 28.2. The lowest BCUT2D eigenvalue weighted by Crippen LogP contribution is -2.22. The monoisotopic (exact) mass is 237 g/mol. The zero-order valence-corrected chi connectivity index (χ0v) is 9.49. The van der Waals surface area contributed by atoms with Crippen molar-refractivity contribution < 1.29 is 19.5 Å². The zero-order chi connectivity index (χ0) is 12.4. The van der Waals surface area contributed by atoms with E-state index in [0.29, 0.717) is 18.4 Å². The summed E-state index contributed by atoms with van der Waals surface area (Å²) in [5, 5.41) is 12.1. The molecule has 0 aromatic carbocycles. The molecule has 2 aliphatic rings. The number of carbonyl (C=O) groups is 3. The number of imide groups is 1. The molecule has 0 aromatic heterocycles. The summed E-state index contributed by atoms with van der Waals surface area (Å²) in [6.45, 7) is 0. The molecule has 0 bridgehead atoms. The molecule has 1 saturated heterocycles. The SMILES string of the molecule is O=C1CC(C/C(O)=C2\CCCCC2=O)C(=O)N1. The van der Waals surface area contributed by atoms with Gasteiger partial charge in [-0.05, 0) is 19.3 Å². The summed E-state index contributed by atoms with van der Waals surface area (Å²) in [4.78, 5) is 33.9. The van der Waals surface area contributed by atoms with Crippen LogP contribution >= 0.6 is 0 Å². The van der Waals surface area contributed by atoms with Crippen LogP contribution in [0.15, 0.2) is 11.3 Å². The van der Waals surface area contributed by atoms with Crippen LogP contribution in [-0.2, 0) is 14.4 Å². The molecular weight excluding hydrogens is 222 g/mol. The van der Waals surface area contributed by atoms with Crippen LogP contribution in [0.2, 0.25) is 0 Å². The molecule has 1 saturated carbocycles. The predicted molar refractivity (Wildman–Crippen MR) is 59.0 cm³/mol. The maximum Gasteiger partial charge on any atom is 0.230 e. The second kappa shape index (κ2) is 4.69. The van der Waals surface area contributed by atoms with Gasteiger partial charge in [0.15, 0.2) is 5.78 Å². The van der Waals surface area contributed by atoms with E-state index in [1.54, 1.807) is 0 Å². The van der Waals surface area contributed by atoms with Gasteiger partial charge in [-0.15, -0.1) is 0 Å². The van der Waals surface area contributed by atoms with Crippen molar-refractivity contribution in [2.75, 3.05) is 0 Å². The van der Waals surface area contributed by atoms with Gasteiger partial charge in [-0.1, -0.05) is 0 Å². The fraction of sp³-hybridized carbons (Fsp3) is 0.583. The minimum Gasteiger partial charge on any atom is -0.512 e. The van der Waals surface area contributed by atoms with Crippen LogP contribution in [-0.4, -0.2) is 22.7 Å². The molecule has 1 atom stereocenters. The van der Waals surface area contributed by atoms with Gasteiger partial charge in [0.25, 0.3) is 0 Å². The summed E-state index contributed by atoms with van der Waals surface area (Å²) in [7, 11) is 0. The molecule has 1 heterocycles. The molecule has 2 rings (SSSR count). The lowest BCUT2D eigenvalue weighted by atomic mass is 9.90. The van der Waals surface area contributed by atoms with E-state index in [4.69, 9.17) is 0 Å². The fourth-order valence-electron chi connectivity index (χ4n) is 2.31. The van der Waals surface area contributed by atoms with Gasteiger partial charge in [0.1, 0.15) is 0 Å². The number of allylic oxidation sites excluding steroid dienone is 2. The average molecular weight is 237 g/mol. The second-order valence-electron chi connectivity index (χ2n) is 4.57. The highest BCUT2D eigenvalue weighted by Crippen LogP contribution is 2.27. The first-order valence-corrected chi connectivity index (χ1v) is 5.86. The third-order valence-electron chi connectivity index (χ3n) is 3.27. The molecule has 0 radical (unpaired) electrons. The standard InChI is InChI=1S/C12H15NO4/c14-9-4-2-1-3-8(9)10(15)5-7-6-11(16)13-12(7)17/h7,15H,1-6H2,(H,13,16,17)/b10-8-. The maximum atomic E-state index is 11.6. The first-order chi connectivity index (χ1) is 8.08. The summed E-state index contributed by atoms with van der Waals surface area (Å²) >= 11 is 0. The number of hydrogen-bond acceptors (Lipinski definition) is 4. The average Bonchev–Trinajstić information content (AvgIpc) is 2.58. The molecule has 2 N–H and O–H groups in total. The number of hydrogen-bond donors (Lipinski definition) is 2. The highest BCUT2D eigenvalue weighted by atomic mass is 16.3. The van der Waals surface area contributed by atoms with Gasteiger partial charge in [0, 0.05) is 24.8 Å². The molecule has 1 aliphatic heterocycles. The number of rotatable bonds is 2. The van der Waals surface area contributed by atoms with Crippen LogP contribution in [0.1, 0.15) is 38.5 Å². The van der Waals surface area contributed by atoms with Gasteiger partial charge in [0.2, 0.25) is 11.8 Å². The van der Waals surface area contributed by atoms with E-state index in [2.05, 4.69) is 5.32 Å². The highest BCUT2D eigenvalue weighted by Gasteiger charge is 2.32. The van der Waals surface area contributed by atoms with Gasteiger partial charge in [-0.2, -0.15) is 0 Å². The predicted octanol–water partition coefficient (Wildman–Crippen LogP) is 0.994. The third kappa shape index (κ3) is 2.54. The largest absolute Gasteiger partial charge is 0.512 e. The minimum atomic E-state index is -0.523. The van der Waals surface area contributed by atoms with E-state index >= 15 is 0 Å². The fourth-order valence-corrected chi connectivity index (χ4v) is 2.31. The number of carbonyl (C=O) groups excluding carboxylic acids is 3. The summed E-state index contributed by atoms with van der Waals surface area (Å²) in [5.41, 5.74) is 0.448. The van der Waals surface area contributed by atoms with Gasteiger partial charge in [-0.25, -0.2) is 0 Å². The molecule has 2 amide bonds. The maximum absolute atomic E-state index is 11.6. The van der Waals surface area contributed by atoms with Crippen LogP contribution in [0.3, 0.4) is 0 Å². The Morgan fingerprint density at radius 2 is 1.94 bits per heavy atom. The number of aliphatic hydroxyl groups is 1. The minimum absolute atomic E-state index is 0.00968. The Balaban J connectivity index is 2.07. The van der Waals surface area contributed by atoms with Gasteiger partial charge in [0.05, 0.1) is 11.7 Å². The van der Waals surface area contributed by atoms with Crippen molar-refractivity contribution in [3.63, 3.8) is 0 Å². The first-order valence-electron chi connectivity index (χ1n) is 5.86. The van der Waals surface area contributed by atoms with Crippen molar-refractivity contribution in [1.29, 1.82) is 0 Å². The van der Waals surface area contributed by atoms with Crippen LogP contribution in [0.25, 0.3) is 0 Å². The molecule has 1 aliphatic carbocycles.